The molecular formula is C16H21N3O2. The fourth-order valence-corrected chi connectivity index (χ4v) is 2.20. The topological polar surface area (TPSA) is 48.3 Å². The molecule has 0 saturated carbocycles. The number of benzene rings is 1. The second-order valence-corrected chi connectivity index (χ2v) is 5.47. The molecule has 0 aliphatic carbocycles. The van der Waals surface area contributed by atoms with Gasteiger partial charge in [0.1, 0.15) is 0 Å². The summed E-state index contributed by atoms with van der Waals surface area (Å²) in [4.78, 5) is 0. The zero-order valence-electron chi connectivity index (χ0n) is 12.5. The molecule has 0 fully saturated rings. The first kappa shape index (κ1) is 13.9. The molecule has 0 amide bonds. The van der Waals surface area contributed by atoms with E-state index < -0.39 is 0 Å². The lowest BCUT2D eigenvalue weighted by Gasteiger charge is -2.09. The molecule has 1 aromatic carbocycles. The fourth-order valence-electron chi connectivity index (χ4n) is 2.20. The van der Waals surface area contributed by atoms with E-state index in [1.165, 1.54) is 0 Å². The van der Waals surface area contributed by atoms with Gasteiger partial charge in [0.2, 0.25) is 0 Å². The average molecular weight is 287 g/mol. The summed E-state index contributed by atoms with van der Waals surface area (Å²) in [6.07, 6.45) is 2.88. The zero-order valence-corrected chi connectivity index (χ0v) is 12.5. The Kier molecular flexibility index (Phi) is 4.10. The highest BCUT2D eigenvalue weighted by Crippen LogP contribution is 2.31. The molecule has 21 heavy (non-hydrogen) atoms. The maximum atomic E-state index is 5.72. The monoisotopic (exact) mass is 287 g/mol. The Morgan fingerprint density at radius 3 is 2.81 bits per heavy atom. The van der Waals surface area contributed by atoms with Gasteiger partial charge < -0.3 is 14.8 Å². The number of rotatable bonds is 4. The smallest absolute Gasteiger partial charge is 0.163 e. The second kappa shape index (κ2) is 6.18. The molecule has 0 unspecified atom stereocenters. The summed E-state index contributed by atoms with van der Waals surface area (Å²) in [7, 11) is 0. The van der Waals surface area contributed by atoms with Crippen molar-refractivity contribution in [2.45, 2.75) is 32.9 Å². The van der Waals surface area contributed by atoms with Gasteiger partial charge in [-0.15, -0.1) is 0 Å². The number of aromatic nitrogens is 2. The van der Waals surface area contributed by atoms with E-state index in [-0.39, 0.29) is 0 Å². The van der Waals surface area contributed by atoms with Gasteiger partial charge in [-0.1, -0.05) is 13.8 Å². The highest BCUT2D eigenvalue weighted by Gasteiger charge is 2.12. The van der Waals surface area contributed by atoms with Gasteiger partial charge in [-0.3, -0.25) is 0 Å². The van der Waals surface area contributed by atoms with Crippen molar-refractivity contribution in [3.8, 4) is 17.2 Å². The fraction of sp³-hybridized carbons (Fsp3) is 0.438. The number of nitrogens with one attached hydrogen (secondary N) is 1. The van der Waals surface area contributed by atoms with E-state index in [1.807, 2.05) is 35.1 Å². The van der Waals surface area contributed by atoms with Crippen molar-refractivity contribution in [3.05, 3.63) is 36.2 Å². The molecule has 0 spiro atoms. The SMILES string of the molecule is CC(C)NCc1ccn(-c2ccc3c(c2)OCCCO3)n1. The third-order valence-electron chi connectivity index (χ3n) is 3.33. The van der Waals surface area contributed by atoms with Crippen molar-refractivity contribution in [2.24, 2.45) is 0 Å². The van der Waals surface area contributed by atoms with Crippen LogP contribution in [0.2, 0.25) is 0 Å². The molecule has 0 saturated heterocycles. The molecule has 5 heteroatoms. The van der Waals surface area contributed by atoms with Crippen molar-refractivity contribution < 1.29 is 9.47 Å². The van der Waals surface area contributed by atoms with E-state index in [0.717, 1.165) is 35.8 Å². The van der Waals surface area contributed by atoms with E-state index in [4.69, 9.17) is 9.47 Å². The van der Waals surface area contributed by atoms with Crippen LogP contribution in [0.25, 0.3) is 5.69 Å². The number of hydrogen-bond acceptors (Lipinski definition) is 4. The Morgan fingerprint density at radius 1 is 1.19 bits per heavy atom. The summed E-state index contributed by atoms with van der Waals surface area (Å²) in [5.41, 5.74) is 2.01. The molecule has 112 valence electrons. The summed E-state index contributed by atoms with van der Waals surface area (Å²) in [6.45, 7) is 6.43. The van der Waals surface area contributed by atoms with Gasteiger partial charge in [-0.05, 0) is 18.2 Å². The molecule has 0 radical (unpaired) electrons. The first-order chi connectivity index (χ1) is 10.2. The van der Waals surface area contributed by atoms with E-state index in [1.54, 1.807) is 0 Å². The Hall–Kier alpha value is -2.01. The maximum Gasteiger partial charge on any atom is 0.163 e. The predicted molar refractivity (Wildman–Crippen MR) is 81.1 cm³/mol. The van der Waals surface area contributed by atoms with E-state index in [2.05, 4.69) is 24.3 Å². The summed E-state index contributed by atoms with van der Waals surface area (Å²) in [5, 5.41) is 7.95. The molecule has 3 rings (SSSR count). The molecule has 1 aliphatic heterocycles. The van der Waals surface area contributed by atoms with Gasteiger partial charge in [-0.25, -0.2) is 4.68 Å². The first-order valence-electron chi connectivity index (χ1n) is 7.40. The van der Waals surface area contributed by atoms with Crippen molar-refractivity contribution in [1.82, 2.24) is 15.1 Å². The van der Waals surface area contributed by atoms with Crippen LogP contribution in [0.5, 0.6) is 11.5 Å². The van der Waals surface area contributed by atoms with Crippen LogP contribution in [0.4, 0.5) is 0 Å². The highest BCUT2D eigenvalue weighted by molar-refractivity contribution is 5.48. The maximum absolute atomic E-state index is 5.72. The quantitative estimate of drug-likeness (QED) is 0.939. The van der Waals surface area contributed by atoms with Crippen molar-refractivity contribution in [1.29, 1.82) is 0 Å². The second-order valence-electron chi connectivity index (χ2n) is 5.47. The first-order valence-corrected chi connectivity index (χ1v) is 7.40. The van der Waals surface area contributed by atoms with Crippen molar-refractivity contribution in [2.75, 3.05) is 13.2 Å². The van der Waals surface area contributed by atoms with Crippen LogP contribution < -0.4 is 14.8 Å². The van der Waals surface area contributed by atoms with Gasteiger partial charge in [0.05, 0.1) is 24.6 Å². The summed E-state index contributed by atoms with van der Waals surface area (Å²) >= 11 is 0. The average Bonchev–Trinajstić information content (AvgIpc) is 2.82. The van der Waals surface area contributed by atoms with Crippen LogP contribution in [0.15, 0.2) is 30.5 Å². The van der Waals surface area contributed by atoms with E-state index >= 15 is 0 Å². The minimum atomic E-state index is 0.452. The summed E-state index contributed by atoms with van der Waals surface area (Å²) in [6, 6.07) is 8.41. The lowest BCUT2D eigenvalue weighted by Crippen LogP contribution is -2.22. The van der Waals surface area contributed by atoms with Crippen LogP contribution >= 0.6 is 0 Å². The van der Waals surface area contributed by atoms with E-state index in [0.29, 0.717) is 19.3 Å². The number of fused-ring (bicyclic) bond motifs is 1. The third-order valence-corrected chi connectivity index (χ3v) is 3.33. The number of ether oxygens (including phenoxy) is 2. The Balaban J connectivity index is 1.79. The molecular weight excluding hydrogens is 266 g/mol. The number of hydrogen-bond donors (Lipinski definition) is 1. The van der Waals surface area contributed by atoms with E-state index in [9.17, 15) is 0 Å². The molecule has 2 aromatic rings. The largest absolute Gasteiger partial charge is 0.490 e. The molecule has 2 heterocycles. The molecule has 5 nitrogen and oxygen atoms in total. The van der Waals surface area contributed by atoms with Gasteiger partial charge in [-0.2, -0.15) is 5.10 Å². The third kappa shape index (κ3) is 3.36. The Morgan fingerprint density at radius 2 is 2.00 bits per heavy atom. The van der Waals surface area contributed by atoms with Crippen LogP contribution in [0, 0.1) is 0 Å². The molecule has 1 aromatic heterocycles. The van der Waals surface area contributed by atoms with Crippen LogP contribution in [-0.2, 0) is 6.54 Å². The lowest BCUT2D eigenvalue weighted by atomic mass is 10.3. The van der Waals surface area contributed by atoms with Crippen molar-refractivity contribution in [3.63, 3.8) is 0 Å². The minimum Gasteiger partial charge on any atom is -0.490 e. The zero-order chi connectivity index (χ0) is 14.7. The van der Waals surface area contributed by atoms with Crippen LogP contribution in [-0.4, -0.2) is 29.0 Å². The van der Waals surface area contributed by atoms with Gasteiger partial charge in [0.25, 0.3) is 0 Å². The summed E-state index contributed by atoms with van der Waals surface area (Å²) in [5.74, 6) is 1.60. The minimum absolute atomic E-state index is 0.452. The van der Waals surface area contributed by atoms with Crippen LogP contribution in [0.3, 0.4) is 0 Å². The Bertz CT molecular complexity index is 607. The molecule has 0 atom stereocenters. The normalized spacial score (nSPS) is 14.2. The predicted octanol–water partition coefficient (Wildman–Crippen LogP) is 2.53. The molecule has 1 aliphatic rings. The standard InChI is InChI=1S/C16H21N3O2/c1-12(2)17-11-13-6-7-19(18-13)14-4-5-15-16(10-14)21-9-3-8-20-15/h4-7,10,12,17H,3,8-9,11H2,1-2H3. The van der Waals surface area contributed by atoms with Gasteiger partial charge in [0, 0.05) is 31.3 Å². The van der Waals surface area contributed by atoms with Crippen molar-refractivity contribution >= 4 is 0 Å². The molecule has 1 N–H and O–H groups in total. The Labute approximate surface area is 124 Å². The number of nitrogens with zero attached hydrogens (tertiary/aromatic N) is 2. The van der Waals surface area contributed by atoms with Gasteiger partial charge >= 0.3 is 0 Å². The van der Waals surface area contributed by atoms with Crippen LogP contribution in [0.1, 0.15) is 26.0 Å². The summed E-state index contributed by atoms with van der Waals surface area (Å²) < 4.78 is 13.2. The highest BCUT2D eigenvalue weighted by atomic mass is 16.5. The molecule has 0 bridgehead atoms. The van der Waals surface area contributed by atoms with Gasteiger partial charge in [0.15, 0.2) is 11.5 Å². The lowest BCUT2D eigenvalue weighted by molar-refractivity contribution is 0.297.